The molecule has 0 N–H and O–H groups in total. The summed E-state index contributed by atoms with van der Waals surface area (Å²) in [5.74, 6) is 1.92. The van der Waals surface area contributed by atoms with E-state index >= 15 is 0 Å². The summed E-state index contributed by atoms with van der Waals surface area (Å²) in [6.45, 7) is 3.28. The van der Waals surface area contributed by atoms with Crippen molar-refractivity contribution in [2.45, 2.75) is 18.6 Å². The lowest BCUT2D eigenvalue weighted by molar-refractivity contribution is -0.128. The monoisotopic (exact) mass is 396 g/mol. The quantitative estimate of drug-likeness (QED) is 0.544. The van der Waals surface area contributed by atoms with Crippen LogP contribution >= 0.6 is 11.8 Å². The van der Waals surface area contributed by atoms with Crippen LogP contribution in [0.5, 0.6) is 5.75 Å². The molecule has 0 saturated heterocycles. The number of carbonyl (C=O) groups excluding carboxylic acids is 1. The van der Waals surface area contributed by atoms with Gasteiger partial charge >= 0.3 is 0 Å². The molecule has 0 aliphatic heterocycles. The van der Waals surface area contributed by atoms with Crippen molar-refractivity contribution >= 4 is 17.7 Å². The van der Waals surface area contributed by atoms with Crippen molar-refractivity contribution in [2.75, 3.05) is 19.4 Å². The van der Waals surface area contributed by atoms with E-state index in [2.05, 4.69) is 10.2 Å². The first-order valence-corrected chi connectivity index (χ1v) is 10.1. The second-order valence-corrected chi connectivity index (χ2v) is 7.22. The van der Waals surface area contributed by atoms with Crippen LogP contribution < -0.4 is 4.74 Å². The Morgan fingerprint density at radius 3 is 2.64 bits per heavy atom. The summed E-state index contributed by atoms with van der Waals surface area (Å²) in [6, 6.07) is 17.7. The van der Waals surface area contributed by atoms with Crippen molar-refractivity contribution in [1.29, 1.82) is 0 Å². The van der Waals surface area contributed by atoms with E-state index in [1.807, 2.05) is 78.0 Å². The number of carbonyl (C=O) groups is 1. The van der Waals surface area contributed by atoms with Crippen LogP contribution in [-0.4, -0.2) is 45.0 Å². The van der Waals surface area contributed by atoms with E-state index < -0.39 is 0 Å². The third-order valence-corrected chi connectivity index (χ3v) is 5.44. The first-order valence-electron chi connectivity index (χ1n) is 9.10. The zero-order valence-corrected chi connectivity index (χ0v) is 17.1. The molecule has 0 radical (unpaired) electrons. The van der Waals surface area contributed by atoms with Gasteiger partial charge in [-0.1, -0.05) is 54.2 Å². The summed E-state index contributed by atoms with van der Waals surface area (Å²) in [5.41, 5.74) is 2.05. The average Bonchev–Trinajstić information content (AvgIpc) is 3.11. The number of aromatic nitrogens is 3. The molecule has 3 aromatic rings. The maximum atomic E-state index is 12.7. The number of methoxy groups -OCH3 is 1. The van der Waals surface area contributed by atoms with Crippen LogP contribution in [0.2, 0.25) is 0 Å². The Labute approximate surface area is 169 Å². The topological polar surface area (TPSA) is 60.3 Å². The molecule has 7 heteroatoms. The van der Waals surface area contributed by atoms with Gasteiger partial charge in [0.25, 0.3) is 0 Å². The highest BCUT2D eigenvalue weighted by molar-refractivity contribution is 7.99. The molecule has 0 bridgehead atoms. The fourth-order valence-electron chi connectivity index (χ4n) is 2.85. The Kier molecular flexibility index (Phi) is 6.71. The Morgan fingerprint density at radius 1 is 1.14 bits per heavy atom. The van der Waals surface area contributed by atoms with Gasteiger partial charge in [0.1, 0.15) is 5.75 Å². The molecule has 1 heterocycles. The van der Waals surface area contributed by atoms with Gasteiger partial charge in [-0.2, -0.15) is 0 Å². The van der Waals surface area contributed by atoms with Crippen LogP contribution in [0.4, 0.5) is 0 Å². The predicted octanol–water partition coefficient (Wildman–Crippen LogP) is 3.63. The summed E-state index contributed by atoms with van der Waals surface area (Å²) in [6.07, 6.45) is 0. The summed E-state index contributed by atoms with van der Waals surface area (Å²) in [5, 5.41) is 9.25. The van der Waals surface area contributed by atoms with Crippen molar-refractivity contribution in [1.82, 2.24) is 19.7 Å². The molecule has 0 spiro atoms. The van der Waals surface area contributed by atoms with Gasteiger partial charge in [0, 0.05) is 25.7 Å². The first kappa shape index (κ1) is 19.9. The van der Waals surface area contributed by atoms with E-state index in [4.69, 9.17) is 4.74 Å². The van der Waals surface area contributed by atoms with E-state index in [-0.39, 0.29) is 5.91 Å². The third-order valence-electron chi connectivity index (χ3n) is 4.44. The smallest absolute Gasteiger partial charge is 0.233 e. The number of hydrogen-bond acceptors (Lipinski definition) is 5. The molecule has 1 amide bonds. The fraction of sp³-hybridized carbons (Fsp3) is 0.286. The zero-order valence-electron chi connectivity index (χ0n) is 16.3. The number of rotatable bonds is 8. The third kappa shape index (κ3) is 4.72. The molecule has 6 nitrogen and oxygen atoms in total. The summed E-state index contributed by atoms with van der Waals surface area (Å²) in [7, 11) is 3.54. The Bertz CT molecular complexity index is 927. The minimum atomic E-state index is 0.0854. The number of nitrogens with zero attached hydrogens (tertiary/aromatic N) is 4. The first-order chi connectivity index (χ1) is 13.6. The number of amides is 1. The normalized spacial score (nSPS) is 10.7. The van der Waals surface area contributed by atoms with Gasteiger partial charge in [-0.25, -0.2) is 0 Å². The predicted molar refractivity (Wildman–Crippen MR) is 111 cm³/mol. The molecular weight excluding hydrogens is 372 g/mol. The number of hydrogen-bond donors (Lipinski definition) is 0. The average molecular weight is 397 g/mol. The number of benzene rings is 2. The van der Waals surface area contributed by atoms with Crippen molar-refractivity contribution < 1.29 is 9.53 Å². The molecule has 0 saturated carbocycles. The highest BCUT2D eigenvalue weighted by Crippen LogP contribution is 2.25. The van der Waals surface area contributed by atoms with Crippen LogP contribution in [0.1, 0.15) is 12.5 Å². The highest BCUT2D eigenvalue weighted by Gasteiger charge is 2.16. The number of thioether (sulfide) groups is 1. The van der Waals surface area contributed by atoms with Gasteiger partial charge < -0.3 is 14.2 Å². The molecule has 3 rings (SSSR count). The van der Waals surface area contributed by atoms with Crippen LogP contribution in [0.15, 0.2) is 59.8 Å². The van der Waals surface area contributed by atoms with E-state index in [0.29, 0.717) is 24.0 Å². The SMILES string of the molecule is CCN(Cc1ccccc1)C(=O)CSc1nnc(-c2cccc(OC)c2)n1C. The van der Waals surface area contributed by atoms with E-state index in [9.17, 15) is 4.79 Å². The molecular formula is C21H24N4O2S. The fourth-order valence-corrected chi connectivity index (χ4v) is 3.67. The lowest BCUT2D eigenvalue weighted by Gasteiger charge is -2.20. The zero-order chi connectivity index (χ0) is 19.9. The molecule has 0 aliphatic carbocycles. The summed E-state index contributed by atoms with van der Waals surface area (Å²) < 4.78 is 7.18. The van der Waals surface area contributed by atoms with Gasteiger partial charge in [-0.3, -0.25) is 4.79 Å². The lowest BCUT2D eigenvalue weighted by Crippen LogP contribution is -2.31. The molecule has 2 aromatic carbocycles. The molecule has 0 fully saturated rings. The summed E-state index contributed by atoms with van der Waals surface area (Å²) >= 11 is 1.40. The van der Waals surface area contributed by atoms with E-state index in [1.54, 1.807) is 7.11 Å². The van der Waals surface area contributed by atoms with Crippen molar-refractivity contribution in [3.63, 3.8) is 0 Å². The second-order valence-electron chi connectivity index (χ2n) is 6.28. The second kappa shape index (κ2) is 9.41. The van der Waals surface area contributed by atoms with Gasteiger partial charge in [0.2, 0.25) is 5.91 Å². The molecule has 0 atom stereocenters. The minimum absolute atomic E-state index is 0.0854. The van der Waals surface area contributed by atoms with Crippen LogP contribution in [0, 0.1) is 0 Å². The van der Waals surface area contributed by atoms with E-state index in [1.165, 1.54) is 11.8 Å². The Balaban J connectivity index is 1.65. The molecule has 0 unspecified atom stereocenters. The molecule has 0 aliphatic rings. The standard InChI is InChI=1S/C21H24N4O2S/c1-4-25(14-16-9-6-5-7-10-16)19(26)15-28-21-23-22-20(24(21)2)17-11-8-12-18(13-17)27-3/h5-13H,4,14-15H2,1-3H3. The van der Waals surface area contributed by atoms with Crippen molar-refractivity contribution in [3.8, 4) is 17.1 Å². The van der Waals surface area contributed by atoms with Crippen molar-refractivity contribution in [3.05, 3.63) is 60.2 Å². The van der Waals surface area contributed by atoms with Crippen molar-refractivity contribution in [2.24, 2.45) is 7.05 Å². The number of ether oxygens (including phenoxy) is 1. The van der Waals surface area contributed by atoms with Gasteiger partial charge in [-0.05, 0) is 24.6 Å². The minimum Gasteiger partial charge on any atom is -0.497 e. The lowest BCUT2D eigenvalue weighted by atomic mass is 10.2. The highest BCUT2D eigenvalue weighted by atomic mass is 32.2. The Morgan fingerprint density at radius 2 is 1.93 bits per heavy atom. The van der Waals surface area contributed by atoms with Crippen LogP contribution in [0.3, 0.4) is 0 Å². The molecule has 146 valence electrons. The van der Waals surface area contributed by atoms with Gasteiger partial charge in [-0.15, -0.1) is 10.2 Å². The maximum Gasteiger partial charge on any atom is 0.233 e. The van der Waals surface area contributed by atoms with E-state index in [0.717, 1.165) is 22.7 Å². The summed E-state index contributed by atoms with van der Waals surface area (Å²) in [4.78, 5) is 14.5. The molecule has 1 aromatic heterocycles. The van der Waals surface area contributed by atoms with Gasteiger partial charge in [0.05, 0.1) is 12.9 Å². The molecule has 28 heavy (non-hydrogen) atoms. The Hall–Kier alpha value is -2.80. The van der Waals surface area contributed by atoms with Crippen LogP contribution in [-0.2, 0) is 18.4 Å². The van der Waals surface area contributed by atoms with Gasteiger partial charge in [0.15, 0.2) is 11.0 Å². The largest absolute Gasteiger partial charge is 0.497 e. The maximum absolute atomic E-state index is 12.7. The van der Waals surface area contributed by atoms with Crippen LogP contribution in [0.25, 0.3) is 11.4 Å².